The number of benzene rings is 2. The van der Waals surface area contributed by atoms with Crippen LogP contribution >= 0.6 is 23.5 Å². The predicted molar refractivity (Wildman–Crippen MR) is 137 cm³/mol. The third-order valence-corrected chi connectivity index (χ3v) is 8.27. The number of aryl methyl sites for hydroxylation is 1. The van der Waals surface area contributed by atoms with Gasteiger partial charge in [-0.2, -0.15) is 11.8 Å². The second-order valence-electron chi connectivity index (χ2n) is 8.32. The summed E-state index contributed by atoms with van der Waals surface area (Å²) in [6, 6.07) is 16.3. The molecule has 0 aromatic heterocycles. The molecular weight excluding hydrogens is 436 g/mol. The third-order valence-electron chi connectivity index (χ3n) is 5.66. The standard InChI is InChI=1S/C26H34N2O2S2/c1-4-5-16-31-17-8-15-27-25(29)20(3)24-26(30)28(18-21-13-11-19(2)12-14-21)22-9-6-7-10-23(22)32-24/h6-7,9-14,20,24H,4-5,8,15-18H2,1-3H3,(H,27,29)/t20-,24-/m0/s1. The SMILES string of the molecule is CCCCSCCCNC(=O)[C@@H](C)[C@@H]1Sc2ccccc2N(Cc2ccc(C)cc2)C1=O. The minimum atomic E-state index is -0.422. The fraction of sp³-hybridized carbons (Fsp3) is 0.462. The first-order valence-electron chi connectivity index (χ1n) is 11.5. The van der Waals surface area contributed by atoms with Gasteiger partial charge in [0.2, 0.25) is 11.8 Å². The van der Waals surface area contributed by atoms with Crippen LogP contribution in [0.5, 0.6) is 0 Å². The molecule has 172 valence electrons. The van der Waals surface area contributed by atoms with E-state index in [1.807, 2.05) is 47.9 Å². The van der Waals surface area contributed by atoms with Crippen LogP contribution < -0.4 is 10.2 Å². The van der Waals surface area contributed by atoms with E-state index in [2.05, 4.69) is 43.4 Å². The molecule has 32 heavy (non-hydrogen) atoms. The van der Waals surface area contributed by atoms with Crippen molar-refractivity contribution in [2.24, 2.45) is 5.92 Å². The van der Waals surface area contributed by atoms with E-state index in [4.69, 9.17) is 0 Å². The molecule has 0 bridgehead atoms. The van der Waals surface area contributed by atoms with Crippen molar-refractivity contribution in [2.45, 2.75) is 56.7 Å². The molecule has 1 aliphatic heterocycles. The van der Waals surface area contributed by atoms with Crippen molar-refractivity contribution in [1.29, 1.82) is 0 Å². The van der Waals surface area contributed by atoms with Crippen molar-refractivity contribution in [3.8, 4) is 0 Å². The quantitative estimate of drug-likeness (QED) is 0.429. The second kappa shape index (κ2) is 12.4. The molecule has 1 heterocycles. The summed E-state index contributed by atoms with van der Waals surface area (Å²) in [5, 5.41) is 2.63. The first-order chi connectivity index (χ1) is 15.5. The summed E-state index contributed by atoms with van der Waals surface area (Å²) in [6.07, 6.45) is 3.43. The third kappa shape index (κ3) is 6.55. The number of rotatable bonds is 11. The van der Waals surface area contributed by atoms with E-state index in [0.29, 0.717) is 13.1 Å². The number of fused-ring (bicyclic) bond motifs is 1. The van der Waals surface area contributed by atoms with E-state index in [0.717, 1.165) is 28.3 Å². The van der Waals surface area contributed by atoms with Crippen LogP contribution in [-0.4, -0.2) is 35.1 Å². The first kappa shape index (κ1) is 24.7. The Morgan fingerprint density at radius 2 is 1.84 bits per heavy atom. The number of hydrogen-bond donors (Lipinski definition) is 1. The summed E-state index contributed by atoms with van der Waals surface area (Å²) in [4.78, 5) is 29.2. The second-order valence-corrected chi connectivity index (χ2v) is 10.7. The van der Waals surface area contributed by atoms with Gasteiger partial charge in [0.05, 0.1) is 18.2 Å². The normalized spacial score (nSPS) is 16.5. The number of anilines is 1. The molecule has 1 N–H and O–H groups in total. The number of para-hydroxylation sites is 1. The zero-order chi connectivity index (χ0) is 22.9. The Morgan fingerprint density at radius 3 is 2.59 bits per heavy atom. The number of thioether (sulfide) groups is 2. The molecule has 0 radical (unpaired) electrons. The number of carbonyl (C=O) groups is 2. The van der Waals surface area contributed by atoms with Crippen molar-refractivity contribution in [3.63, 3.8) is 0 Å². The van der Waals surface area contributed by atoms with Crippen LogP contribution in [0.15, 0.2) is 53.4 Å². The van der Waals surface area contributed by atoms with Gasteiger partial charge in [-0.25, -0.2) is 0 Å². The first-order valence-corrected chi connectivity index (χ1v) is 13.5. The number of unbranched alkanes of at least 4 members (excludes halogenated alkanes) is 1. The molecule has 3 rings (SSSR count). The zero-order valence-electron chi connectivity index (χ0n) is 19.3. The maximum atomic E-state index is 13.5. The van der Waals surface area contributed by atoms with Crippen molar-refractivity contribution in [3.05, 3.63) is 59.7 Å². The van der Waals surface area contributed by atoms with E-state index in [9.17, 15) is 9.59 Å². The van der Waals surface area contributed by atoms with Gasteiger partial charge in [0.25, 0.3) is 0 Å². The minimum absolute atomic E-state index is 0.00652. The molecule has 0 aliphatic carbocycles. The Morgan fingerprint density at radius 1 is 1.12 bits per heavy atom. The highest BCUT2D eigenvalue weighted by atomic mass is 32.2. The van der Waals surface area contributed by atoms with Crippen LogP contribution in [0.25, 0.3) is 0 Å². The Hall–Kier alpha value is -1.92. The van der Waals surface area contributed by atoms with Crippen molar-refractivity contribution >= 4 is 41.0 Å². The monoisotopic (exact) mass is 470 g/mol. The Balaban J connectivity index is 1.64. The molecule has 0 spiro atoms. The van der Waals surface area contributed by atoms with E-state index in [1.54, 1.807) is 0 Å². The number of nitrogens with zero attached hydrogens (tertiary/aromatic N) is 1. The van der Waals surface area contributed by atoms with Crippen LogP contribution in [0.2, 0.25) is 0 Å². The average molecular weight is 471 g/mol. The molecule has 2 amide bonds. The zero-order valence-corrected chi connectivity index (χ0v) is 20.9. The molecular formula is C26H34N2O2S2. The summed E-state index contributed by atoms with van der Waals surface area (Å²) in [7, 11) is 0. The maximum absolute atomic E-state index is 13.5. The predicted octanol–water partition coefficient (Wildman–Crippen LogP) is 5.68. The summed E-state index contributed by atoms with van der Waals surface area (Å²) in [6.45, 7) is 7.31. The van der Waals surface area contributed by atoms with Crippen LogP contribution in [0.3, 0.4) is 0 Å². The Bertz CT molecular complexity index is 901. The lowest BCUT2D eigenvalue weighted by Crippen LogP contribution is -2.47. The van der Waals surface area contributed by atoms with Gasteiger partial charge in [-0.05, 0) is 49.0 Å². The van der Waals surface area contributed by atoms with Gasteiger partial charge in [-0.15, -0.1) is 11.8 Å². The fourth-order valence-electron chi connectivity index (χ4n) is 3.63. The molecule has 0 saturated carbocycles. The smallest absolute Gasteiger partial charge is 0.241 e. The molecule has 6 heteroatoms. The van der Waals surface area contributed by atoms with Crippen LogP contribution in [0.4, 0.5) is 5.69 Å². The highest BCUT2D eigenvalue weighted by Gasteiger charge is 2.39. The van der Waals surface area contributed by atoms with E-state index in [-0.39, 0.29) is 11.8 Å². The molecule has 0 saturated heterocycles. The number of hydrogen-bond acceptors (Lipinski definition) is 4. The highest BCUT2D eigenvalue weighted by molar-refractivity contribution is 8.01. The van der Waals surface area contributed by atoms with Crippen molar-refractivity contribution in [1.82, 2.24) is 5.32 Å². The van der Waals surface area contributed by atoms with Gasteiger partial charge in [0.1, 0.15) is 5.25 Å². The van der Waals surface area contributed by atoms with Crippen LogP contribution in [0.1, 0.15) is 44.2 Å². The molecule has 0 fully saturated rings. The van der Waals surface area contributed by atoms with E-state index in [1.165, 1.54) is 35.9 Å². The lowest BCUT2D eigenvalue weighted by molar-refractivity contribution is -0.128. The van der Waals surface area contributed by atoms with Crippen LogP contribution in [-0.2, 0) is 16.1 Å². The number of nitrogens with one attached hydrogen (secondary N) is 1. The molecule has 2 aromatic rings. The Kier molecular flexibility index (Phi) is 9.54. The number of carbonyl (C=O) groups excluding carboxylic acids is 2. The highest BCUT2D eigenvalue weighted by Crippen LogP contribution is 2.42. The summed E-state index contributed by atoms with van der Waals surface area (Å²) < 4.78 is 0. The fourth-order valence-corrected chi connectivity index (χ4v) is 5.96. The average Bonchev–Trinajstić information content (AvgIpc) is 2.80. The molecule has 4 nitrogen and oxygen atoms in total. The minimum Gasteiger partial charge on any atom is -0.356 e. The maximum Gasteiger partial charge on any atom is 0.241 e. The molecule has 1 aliphatic rings. The van der Waals surface area contributed by atoms with Gasteiger partial charge >= 0.3 is 0 Å². The molecule has 0 unspecified atom stereocenters. The summed E-state index contributed by atoms with van der Waals surface area (Å²) in [5.41, 5.74) is 3.21. The van der Waals surface area contributed by atoms with E-state index < -0.39 is 11.2 Å². The number of amides is 2. The van der Waals surface area contributed by atoms with Gasteiger partial charge in [0.15, 0.2) is 0 Å². The topological polar surface area (TPSA) is 49.4 Å². The van der Waals surface area contributed by atoms with Gasteiger partial charge in [-0.3, -0.25) is 9.59 Å². The van der Waals surface area contributed by atoms with Crippen molar-refractivity contribution in [2.75, 3.05) is 23.0 Å². The largest absolute Gasteiger partial charge is 0.356 e. The van der Waals surface area contributed by atoms with Crippen molar-refractivity contribution < 1.29 is 9.59 Å². The molecule has 2 aromatic carbocycles. The summed E-state index contributed by atoms with van der Waals surface area (Å²) in [5.74, 6) is 1.82. The van der Waals surface area contributed by atoms with Crippen LogP contribution in [0, 0.1) is 12.8 Å². The van der Waals surface area contributed by atoms with Gasteiger partial charge < -0.3 is 10.2 Å². The lowest BCUT2D eigenvalue weighted by atomic mass is 10.0. The van der Waals surface area contributed by atoms with E-state index >= 15 is 0 Å². The lowest BCUT2D eigenvalue weighted by Gasteiger charge is -2.35. The summed E-state index contributed by atoms with van der Waals surface area (Å²) >= 11 is 3.46. The molecule has 2 atom stereocenters. The van der Waals surface area contributed by atoms with Gasteiger partial charge in [0, 0.05) is 11.4 Å². The Labute approximate surface area is 200 Å². The van der Waals surface area contributed by atoms with Gasteiger partial charge in [-0.1, -0.05) is 62.2 Å².